The van der Waals surface area contributed by atoms with Gasteiger partial charge in [0.1, 0.15) is 0 Å². The van der Waals surface area contributed by atoms with Crippen LogP contribution in [0.4, 0.5) is 0 Å². The molecule has 2 fully saturated rings. The summed E-state index contributed by atoms with van der Waals surface area (Å²) in [6, 6.07) is 1.14. The molecule has 1 saturated carbocycles. The summed E-state index contributed by atoms with van der Waals surface area (Å²) in [6.07, 6.45) is 4.52. The Bertz CT molecular complexity index is 298. The Kier molecular flexibility index (Phi) is 5.22. The lowest BCUT2D eigenvalue weighted by atomic mass is 9.84. The van der Waals surface area contributed by atoms with E-state index >= 15 is 0 Å². The van der Waals surface area contributed by atoms with E-state index < -0.39 is 0 Å². The summed E-state index contributed by atoms with van der Waals surface area (Å²) in [7, 11) is 2.01. The van der Waals surface area contributed by atoms with Crippen molar-refractivity contribution in [1.82, 2.24) is 15.1 Å². The smallest absolute Gasteiger partial charge is 0.225 e. The van der Waals surface area contributed by atoms with Crippen molar-refractivity contribution in [3.63, 3.8) is 0 Å². The van der Waals surface area contributed by atoms with Gasteiger partial charge < -0.3 is 10.2 Å². The van der Waals surface area contributed by atoms with Crippen molar-refractivity contribution in [1.29, 1.82) is 0 Å². The van der Waals surface area contributed by atoms with Gasteiger partial charge in [-0.3, -0.25) is 9.69 Å². The van der Waals surface area contributed by atoms with Gasteiger partial charge in [0.25, 0.3) is 0 Å². The summed E-state index contributed by atoms with van der Waals surface area (Å²) >= 11 is 0. The topological polar surface area (TPSA) is 35.6 Å². The molecule has 2 rings (SSSR count). The molecule has 1 amide bonds. The maximum absolute atomic E-state index is 12.6. The molecule has 1 heterocycles. The van der Waals surface area contributed by atoms with Gasteiger partial charge in [-0.25, -0.2) is 0 Å². The molecule has 0 aromatic rings. The minimum Gasteiger partial charge on any atom is -0.340 e. The van der Waals surface area contributed by atoms with E-state index in [1.165, 1.54) is 12.8 Å². The molecule has 0 spiro atoms. The highest BCUT2D eigenvalue weighted by molar-refractivity contribution is 5.79. The standard InChI is InChI=1S/C15H29N3O/c1-12(2)17-7-9-18(10-8-17)15(19)13-5-4-6-14(11-13)16-3/h12-14,16H,4-11H2,1-3H3/t13-,14-/m1/s1. The third-order valence-corrected chi connectivity index (χ3v) is 4.79. The second-order valence-electron chi connectivity index (χ2n) is 6.30. The quantitative estimate of drug-likeness (QED) is 0.837. The molecule has 2 atom stereocenters. The van der Waals surface area contributed by atoms with Gasteiger partial charge in [-0.15, -0.1) is 0 Å². The van der Waals surface area contributed by atoms with E-state index in [0.717, 1.165) is 39.0 Å². The second kappa shape index (κ2) is 6.71. The first-order chi connectivity index (χ1) is 9.11. The lowest BCUT2D eigenvalue weighted by Gasteiger charge is -2.39. The molecule has 4 heteroatoms. The second-order valence-corrected chi connectivity index (χ2v) is 6.30. The van der Waals surface area contributed by atoms with E-state index in [9.17, 15) is 4.79 Å². The molecule has 1 aliphatic carbocycles. The van der Waals surface area contributed by atoms with Crippen molar-refractivity contribution in [2.75, 3.05) is 33.2 Å². The zero-order chi connectivity index (χ0) is 13.8. The number of piperazine rings is 1. The maximum Gasteiger partial charge on any atom is 0.225 e. The highest BCUT2D eigenvalue weighted by Gasteiger charge is 2.31. The monoisotopic (exact) mass is 267 g/mol. The van der Waals surface area contributed by atoms with Gasteiger partial charge in [0, 0.05) is 44.2 Å². The molecule has 110 valence electrons. The van der Waals surface area contributed by atoms with Crippen molar-refractivity contribution in [3.8, 4) is 0 Å². The first-order valence-electron chi connectivity index (χ1n) is 7.82. The number of carbonyl (C=O) groups is 1. The molecule has 1 aliphatic heterocycles. The van der Waals surface area contributed by atoms with Gasteiger partial charge >= 0.3 is 0 Å². The van der Waals surface area contributed by atoms with E-state index in [0.29, 0.717) is 18.0 Å². The summed E-state index contributed by atoms with van der Waals surface area (Å²) in [5.41, 5.74) is 0. The summed E-state index contributed by atoms with van der Waals surface area (Å²) in [6.45, 7) is 8.36. The minimum atomic E-state index is 0.261. The zero-order valence-corrected chi connectivity index (χ0v) is 12.7. The van der Waals surface area contributed by atoms with Gasteiger partial charge in [0.2, 0.25) is 5.91 Å². The van der Waals surface area contributed by atoms with Crippen LogP contribution in [0.3, 0.4) is 0 Å². The summed E-state index contributed by atoms with van der Waals surface area (Å²) in [5.74, 6) is 0.667. The summed E-state index contributed by atoms with van der Waals surface area (Å²) in [5, 5.41) is 3.33. The Labute approximate surface area is 117 Å². The molecule has 0 aromatic carbocycles. The summed E-state index contributed by atoms with van der Waals surface area (Å²) in [4.78, 5) is 17.1. The molecular formula is C15H29N3O. The lowest BCUT2D eigenvalue weighted by Crippen LogP contribution is -2.52. The van der Waals surface area contributed by atoms with Crippen LogP contribution < -0.4 is 5.32 Å². The highest BCUT2D eigenvalue weighted by atomic mass is 16.2. The number of rotatable bonds is 3. The number of nitrogens with one attached hydrogen (secondary N) is 1. The molecule has 0 aromatic heterocycles. The molecule has 2 aliphatic rings. The average molecular weight is 267 g/mol. The van der Waals surface area contributed by atoms with Crippen LogP contribution >= 0.6 is 0 Å². The fraction of sp³-hybridized carbons (Fsp3) is 0.933. The molecule has 1 saturated heterocycles. The Morgan fingerprint density at radius 2 is 1.84 bits per heavy atom. The number of carbonyl (C=O) groups excluding carboxylic acids is 1. The Hall–Kier alpha value is -0.610. The van der Waals surface area contributed by atoms with Crippen LogP contribution in [0.1, 0.15) is 39.5 Å². The maximum atomic E-state index is 12.6. The fourth-order valence-corrected chi connectivity index (χ4v) is 3.39. The van der Waals surface area contributed by atoms with Gasteiger partial charge in [0.15, 0.2) is 0 Å². The van der Waals surface area contributed by atoms with Gasteiger partial charge in [-0.05, 0) is 40.2 Å². The van der Waals surface area contributed by atoms with Crippen LogP contribution in [-0.2, 0) is 4.79 Å². The Balaban J connectivity index is 1.83. The van der Waals surface area contributed by atoms with Gasteiger partial charge in [-0.1, -0.05) is 6.42 Å². The number of hydrogen-bond acceptors (Lipinski definition) is 3. The fourth-order valence-electron chi connectivity index (χ4n) is 3.39. The Morgan fingerprint density at radius 1 is 1.16 bits per heavy atom. The Morgan fingerprint density at radius 3 is 2.42 bits per heavy atom. The number of amides is 1. The van der Waals surface area contributed by atoms with Crippen LogP contribution in [0.2, 0.25) is 0 Å². The van der Waals surface area contributed by atoms with Crippen molar-refractivity contribution >= 4 is 5.91 Å². The molecule has 19 heavy (non-hydrogen) atoms. The van der Waals surface area contributed by atoms with E-state index in [-0.39, 0.29) is 5.92 Å². The van der Waals surface area contributed by atoms with Gasteiger partial charge in [0.05, 0.1) is 0 Å². The van der Waals surface area contributed by atoms with E-state index in [1.807, 2.05) is 7.05 Å². The van der Waals surface area contributed by atoms with Crippen molar-refractivity contribution in [2.45, 2.75) is 51.6 Å². The van der Waals surface area contributed by atoms with Gasteiger partial charge in [-0.2, -0.15) is 0 Å². The SMILES string of the molecule is CN[C@@H]1CCC[C@@H](C(=O)N2CCN(C(C)C)CC2)C1. The zero-order valence-electron chi connectivity index (χ0n) is 12.7. The third kappa shape index (κ3) is 3.69. The molecule has 0 unspecified atom stereocenters. The van der Waals surface area contributed by atoms with Crippen LogP contribution in [0.25, 0.3) is 0 Å². The number of nitrogens with zero attached hydrogens (tertiary/aromatic N) is 2. The first kappa shape index (κ1) is 14.8. The molecule has 4 nitrogen and oxygen atoms in total. The van der Waals surface area contributed by atoms with Crippen molar-refractivity contribution in [2.24, 2.45) is 5.92 Å². The number of hydrogen-bond donors (Lipinski definition) is 1. The molecule has 1 N–H and O–H groups in total. The van der Waals surface area contributed by atoms with Crippen LogP contribution in [0.5, 0.6) is 0 Å². The molecule has 0 bridgehead atoms. The molecular weight excluding hydrogens is 238 g/mol. The summed E-state index contributed by atoms with van der Waals surface area (Å²) < 4.78 is 0. The predicted octanol–water partition coefficient (Wildman–Crippen LogP) is 1.32. The first-order valence-corrected chi connectivity index (χ1v) is 7.82. The largest absolute Gasteiger partial charge is 0.340 e. The van der Waals surface area contributed by atoms with E-state index in [1.54, 1.807) is 0 Å². The highest BCUT2D eigenvalue weighted by Crippen LogP contribution is 2.26. The predicted molar refractivity (Wildman–Crippen MR) is 78.1 cm³/mol. The third-order valence-electron chi connectivity index (χ3n) is 4.79. The van der Waals surface area contributed by atoms with Crippen LogP contribution in [0, 0.1) is 5.92 Å². The minimum absolute atomic E-state index is 0.261. The van der Waals surface area contributed by atoms with Crippen LogP contribution in [0.15, 0.2) is 0 Å². The van der Waals surface area contributed by atoms with E-state index in [4.69, 9.17) is 0 Å². The van der Waals surface area contributed by atoms with Crippen LogP contribution in [-0.4, -0.2) is 61.0 Å². The van der Waals surface area contributed by atoms with Crippen molar-refractivity contribution in [3.05, 3.63) is 0 Å². The van der Waals surface area contributed by atoms with Crippen molar-refractivity contribution < 1.29 is 4.79 Å². The lowest BCUT2D eigenvalue weighted by molar-refractivity contribution is -0.138. The molecule has 0 radical (unpaired) electrons. The normalized spacial score (nSPS) is 29.8. The van der Waals surface area contributed by atoms with E-state index in [2.05, 4.69) is 29.0 Å². The average Bonchev–Trinajstić information content (AvgIpc) is 2.46.